The molecule has 0 aliphatic carbocycles. The lowest BCUT2D eigenvalue weighted by atomic mass is 10.0. The molecule has 0 saturated carbocycles. The van der Waals surface area contributed by atoms with Gasteiger partial charge in [-0.15, -0.1) is 0 Å². The highest BCUT2D eigenvalue weighted by atomic mass is 16.5. The molecule has 1 aliphatic heterocycles. The molecule has 37 heavy (non-hydrogen) atoms. The van der Waals surface area contributed by atoms with Gasteiger partial charge in [0.25, 0.3) is 0 Å². The molecular formula is C29H35N5O3. The average molecular weight is 502 g/mol. The van der Waals surface area contributed by atoms with E-state index in [2.05, 4.69) is 53.3 Å². The molecule has 5 rings (SSSR count). The van der Waals surface area contributed by atoms with Crippen LogP contribution in [0.1, 0.15) is 52.1 Å². The van der Waals surface area contributed by atoms with Crippen molar-refractivity contribution in [2.45, 2.75) is 65.2 Å². The van der Waals surface area contributed by atoms with Crippen molar-refractivity contribution in [1.82, 2.24) is 19.6 Å². The smallest absolute Gasteiger partial charge is 0.335 e. The Morgan fingerprint density at radius 1 is 1.08 bits per heavy atom. The molecule has 3 heterocycles. The highest BCUT2D eigenvalue weighted by molar-refractivity contribution is 5.84. The number of benzene rings is 2. The summed E-state index contributed by atoms with van der Waals surface area (Å²) in [4.78, 5) is 14.2. The minimum Gasteiger partial charge on any atom is -0.479 e. The lowest BCUT2D eigenvalue weighted by molar-refractivity contribution is -0.165. The van der Waals surface area contributed by atoms with E-state index in [9.17, 15) is 9.90 Å². The van der Waals surface area contributed by atoms with E-state index in [4.69, 9.17) is 9.84 Å². The van der Waals surface area contributed by atoms with Gasteiger partial charge in [-0.2, -0.15) is 10.2 Å². The number of carboxylic acids is 1. The summed E-state index contributed by atoms with van der Waals surface area (Å²) in [5, 5.41) is 20.3. The Bertz CT molecular complexity index is 1400. The number of rotatable bonds is 10. The van der Waals surface area contributed by atoms with E-state index in [1.807, 2.05) is 34.6 Å². The second-order valence-corrected chi connectivity index (χ2v) is 9.94. The standard InChI is InChI=1S/C29H35N5O3/c1-4-14-33-26-17-21(12-13-22(26)19-30-33)27-18-23(20-37-29(3,5-2)28(35)36)31-34(27)25-11-7-6-10-24(25)32-15-8-9-16-32/h6-7,10-13,17-19H,4-5,8-9,14-16,20H2,1-3H3,(H,35,36). The summed E-state index contributed by atoms with van der Waals surface area (Å²) in [7, 11) is 0. The van der Waals surface area contributed by atoms with E-state index >= 15 is 0 Å². The van der Waals surface area contributed by atoms with Crippen LogP contribution >= 0.6 is 0 Å². The van der Waals surface area contributed by atoms with Crippen LogP contribution in [0.5, 0.6) is 0 Å². The fourth-order valence-corrected chi connectivity index (χ4v) is 4.93. The Hall–Kier alpha value is -3.65. The SMILES string of the molecule is CCCn1ncc2ccc(-c3cc(COC(C)(CC)C(=O)O)nn3-c3ccccc3N3CCCC3)cc21. The largest absolute Gasteiger partial charge is 0.479 e. The molecule has 4 aromatic rings. The molecule has 1 N–H and O–H groups in total. The Morgan fingerprint density at radius 3 is 2.54 bits per heavy atom. The normalized spacial score (nSPS) is 15.4. The molecule has 194 valence electrons. The van der Waals surface area contributed by atoms with Gasteiger partial charge in [-0.1, -0.05) is 38.1 Å². The van der Waals surface area contributed by atoms with Gasteiger partial charge in [-0.25, -0.2) is 9.48 Å². The van der Waals surface area contributed by atoms with Crippen LogP contribution < -0.4 is 4.90 Å². The third-order valence-corrected chi connectivity index (χ3v) is 7.36. The summed E-state index contributed by atoms with van der Waals surface area (Å²) in [6, 6.07) is 16.7. The van der Waals surface area contributed by atoms with Crippen LogP contribution in [0.25, 0.3) is 27.8 Å². The van der Waals surface area contributed by atoms with Crippen LogP contribution in [-0.2, 0) is 22.7 Å². The Kier molecular flexibility index (Phi) is 7.02. The Morgan fingerprint density at radius 2 is 1.84 bits per heavy atom. The molecular weight excluding hydrogens is 466 g/mol. The number of carbonyl (C=O) groups is 1. The van der Waals surface area contributed by atoms with Gasteiger partial charge < -0.3 is 14.7 Å². The number of hydrogen-bond donors (Lipinski definition) is 1. The maximum atomic E-state index is 11.8. The molecule has 0 amide bonds. The van der Waals surface area contributed by atoms with Gasteiger partial charge in [0.1, 0.15) is 0 Å². The van der Waals surface area contributed by atoms with Crippen molar-refractivity contribution in [3.05, 3.63) is 60.4 Å². The number of fused-ring (bicyclic) bond motifs is 1. The van der Waals surface area contributed by atoms with Crippen molar-refractivity contribution < 1.29 is 14.6 Å². The summed E-state index contributed by atoms with van der Waals surface area (Å²) < 4.78 is 9.93. The zero-order valence-electron chi connectivity index (χ0n) is 21.9. The van der Waals surface area contributed by atoms with Crippen LogP contribution in [0.4, 0.5) is 5.69 Å². The minimum absolute atomic E-state index is 0.110. The molecule has 1 unspecified atom stereocenters. The predicted molar refractivity (Wildman–Crippen MR) is 145 cm³/mol. The molecule has 1 fully saturated rings. The fourth-order valence-electron chi connectivity index (χ4n) is 4.93. The maximum absolute atomic E-state index is 11.8. The Balaban J connectivity index is 1.61. The number of nitrogens with zero attached hydrogens (tertiary/aromatic N) is 5. The average Bonchev–Trinajstić information content (AvgIpc) is 3.67. The lowest BCUT2D eigenvalue weighted by Gasteiger charge is -2.23. The number of aliphatic carboxylic acids is 1. The molecule has 1 aliphatic rings. The summed E-state index contributed by atoms with van der Waals surface area (Å²) in [6.45, 7) is 8.60. The molecule has 1 saturated heterocycles. The van der Waals surface area contributed by atoms with Gasteiger partial charge in [-0.3, -0.25) is 4.68 Å². The molecule has 0 bridgehead atoms. The zero-order valence-corrected chi connectivity index (χ0v) is 21.9. The Labute approximate surface area is 217 Å². The first-order valence-electron chi connectivity index (χ1n) is 13.2. The zero-order chi connectivity index (χ0) is 26.0. The van der Waals surface area contributed by atoms with Gasteiger partial charge in [0.05, 0.1) is 41.1 Å². The second kappa shape index (κ2) is 10.4. The molecule has 1 atom stereocenters. The molecule has 0 radical (unpaired) electrons. The monoisotopic (exact) mass is 501 g/mol. The van der Waals surface area contributed by atoms with Crippen molar-refractivity contribution in [1.29, 1.82) is 0 Å². The van der Waals surface area contributed by atoms with Gasteiger partial charge in [-0.05, 0) is 56.9 Å². The number of ether oxygens (including phenoxy) is 1. The second-order valence-electron chi connectivity index (χ2n) is 9.94. The van der Waals surface area contributed by atoms with E-state index in [1.54, 1.807) is 6.92 Å². The summed E-state index contributed by atoms with van der Waals surface area (Å²) >= 11 is 0. The summed E-state index contributed by atoms with van der Waals surface area (Å²) in [6.07, 6.45) is 5.64. The van der Waals surface area contributed by atoms with E-state index in [0.717, 1.165) is 59.6 Å². The quantitative estimate of drug-likeness (QED) is 0.301. The third kappa shape index (κ3) is 4.85. The number of anilines is 1. The molecule has 0 spiro atoms. The van der Waals surface area contributed by atoms with Gasteiger partial charge >= 0.3 is 5.97 Å². The van der Waals surface area contributed by atoms with Crippen molar-refractivity contribution in [3.8, 4) is 16.9 Å². The molecule has 2 aromatic carbocycles. The van der Waals surface area contributed by atoms with Crippen molar-refractivity contribution in [2.75, 3.05) is 18.0 Å². The summed E-state index contributed by atoms with van der Waals surface area (Å²) in [5.74, 6) is -0.969. The van der Waals surface area contributed by atoms with Gasteiger partial charge in [0.15, 0.2) is 5.60 Å². The van der Waals surface area contributed by atoms with Crippen molar-refractivity contribution >= 4 is 22.6 Å². The third-order valence-electron chi connectivity index (χ3n) is 7.36. The van der Waals surface area contributed by atoms with Gasteiger partial charge in [0, 0.05) is 30.6 Å². The number of carboxylic acid groups (broad SMARTS) is 1. The maximum Gasteiger partial charge on any atom is 0.335 e. The molecule has 2 aromatic heterocycles. The first-order chi connectivity index (χ1) is 17.9. The molecule has 8 heteroatoms. The van der Waals surface area contributed by atoms with Crippen LogP contribution in [0.3, 0.4) is 0 Å². The van der Waals surface area contributed by atoms with Crippen LogP contribution in [0, 0.1) is 0 Å². The summed E-state index contributed by atoms with van der Waals surface area (Å²) in [5.41, 5.74) is 4.63. The van der Waals surface area contributed by atoms with Crippen LogP contribution in [0.2, 0.25) is 0 Å². The van der Waals surface area contributed by atoms with E-state index in [1.165, 1.54) is 12.8 Å². The predicted octanol–water partition coefficient (Wildman–Crippen LogP) is 5.67. The first-order valence-corrected chi connectivity index (χ1v) is 13.2. The highest BCUT2D eigenvalue weighted by Gasteiger charge is 2.32. The van der Waals surface area contributed by atoms with Gasteiger partial charge in [0.2, 0.25) is 0 Å². The molecule has 8 nitrogen and oxygen atoms in total. The van der Waals surface area contributed by atoms with E-state index in [0.29, 0.717) is 12.1 Å². The van der Waals surface area contributed by atoms with Crippen molar-refractivity contribution in [2.24, 2.45) is 0 Å². The highest BCUT2D eigenvalue weighted by Crippen LogP contribution is 2.33. The van der Waals surface area contributed by atoms with Crippen LogP contribution in [0.15, 0.2) is 54.7 Å². The van der Waals surface area contributed by atoms with E-state index < -0.39 is 11.6 Å². The number of para-hydroxylation sites is 2. The number of aryl methyl sites for hydroxylation is 1. The fraction of sp³-hybridized carbons (Fsp3) is 0.414. The number of aromatic nitrogens is 4. The first kappa shape index (κ1) is 25.0. The van der Waals surface area contributed by atoms with Crippen LogP contribution in [-0.4, -0.2) is 49.3 Å². The lowest BCUT2D eigenvalue weighted by Crippen LogP contribution is -2.37. The number of hydrogen-bond acceptors (Lipinski definition) is 5. The minimum atomic E-state index is -1.26. The van der Waals surface area contributed by atoms with Crippen molar-refractivity contribution in [3.63, 3.8) is 0 Å². The topological polar surface area (TPSA) is 85.4 Å². The van der Waals surface area contributed by atoms with E-state index in [-0.39, 0.29) is 6.61 Å².